The van der Waals surface area contributed by atoms with Gasteiger partial charge in [-0.2, -0.15) is 5.10 Å². The molecule has 0 saturated heterocycles. The molecule has 0 bridgehead atoms. The molecule has 7 heteroatoms. The van der Waals surface area contributed by atoms with Gasteiger partial charge in [0.25, 0.3) is 5.91 Å². The fourth-order valence-electron chi connectivity index (χ4n) is 3.52. The number of nitrogens with one attached hydrogen (secondary N) is 1. The van der Waals surface area contributed by atoms with Gasteiger partial charge >= 0.3 is 0 Å². The minimum Gasteiger partial charge on any atom is -0.391 e. The Kier molecular flexibility index (Phi) is 4.15. The molecule has 3 atom stereocenters. The molecule has 1 amide bonds. The van der Waals surface area contributed by atoms with E-state index in [1.165, 1.54) is 0 Å². The first kappa shape index (κ1) is 15.7. The summed E-state index contributed by atoms with van der Waals surface area (Å²) < 4.78 is 1.86. The third-order valence-corrected chi connectivity index (χ3v) is 4.69. The number of carbonyl (C=O) groups excluding carboxylic acids is 1. The van der Waals surface area contributed by atoms with Gasteiger partial charge in [0.2, 0.25) is 0 Å². The maximum atomic E-state index is 12.7. The fraction of sp³-hybridized carbons (Fsp3) is 0.333. The number of amides is 1. The number of nitrogens with zero attached hydrogens (tertiary/aromatic N) is 4. The summed E-state index contributed by atoms with van der Waals surface area (Å²) in [5.74, 6) is 0.0578. The summed E-state index contributed by atoms with van der Waals surface area (Å²) >= 11 is 0. The number of aromatic nitrogens is 4. The lowest BCUT2D eigenvalue weighted by Crippen LogP contribution is -2.40. The second kappa shape index (κ2) is 6.60. The molecular formula is C18H19N5O2. The highest BCUT2D eigenvalue weighted by Crippen LogP contribution is 2.28. The molecule has 0 aliphatic heterocycles. The molecule has 4 rings (SSSR count). The van der Waals surface area contributed by atoms with Gasteiger partial charge in [-0.1, -0.05) is 6.07 Å². The number of hydrogen-bond donors (Lipinski definition) is 2. The first-order chi connectivity index (χ1) is 12.2. The van der Waals surface area contributed by atoms with Gasteiger partial charge in [-0.25, -0.2) is 0 Å². The molecular weight excluding hydrogens is 318 g/mol. The van der Waals surface area contributed by atoms with Crippen LogP contribution < -0.4 is 5.32 Å². The summed E-state index contributed by atoms with van der Waals surface area (Å²) in [6, 6.07) is 6.96. The second-order valence-electron chi connectivity index (χ2n) is 6.44. The molecule has 3 aromatic rings. The van der Waals surface area contributed by atoms with Gasteiger partial charge in [0, 0.05) is 31.3 Å². The predicted octanol–water partition coefficient (Wildman–Crippen LogP) is 1.40. The normalized spacial score (nSPS) is 23.0. The minimum absolute atomic E-state index is 0.227. The molecule has 1 fully saturated rings. The van der Waals surface area contributed by atoms with Crippen molar-refractivity contribution in [2.45, 2.75) is 31.5 Å². The molecule has 1 aromatic carbocycles. The lowest BCUT2D eigenvalue weighted by Gasteiger charge is -2.17. The first-order valence-electron chi connectivity index (χ1n) is 8.37. The number of para-hydroxylation sites is 1. The van der Waals surface area contributed by atoms with E-state index in [1.54, 1.807) is 30.7 Å². The van der Waals surface area contributed by atoms with Crippen molar-refractivity contribution in [1.82, 2.24) is 25.1 Å². The van der Waals surface area contributed by atoms with Crippen molar-refractivity contribution < 1.29 is 9.90 Å². The maximum absolute atomic E-state index is 12.7. The van der Waals surface area contributed by atoms with E-state index >= 15 is 0 Å². The molecule has 2 aromatic heterocycles. The number of hydrogen-bond acceptors (Lipinski definition) is 5. The third-order valence-electron chi connectivity index (χ3n) is 4.69. The Morgan fingerprint density at radius 3 is 2.92 bits per heavy atom. The number of rotatable bonds is 4. The molecule has 128 valence electrons. The van der Waals surface area contributed by atoms with Crippen LogP contribution in [0.3, 0.4) is 0 Å². The molecule has 2 heterocycles. The summed E-state index contributed by atoms with van der Waals surface area (Å²) in [5, 5.41) is 17.5. The first-order valence-corrected chi connectivity index (χ1v) is 8.37. The molecule has 1 aliphatic rings. The van der Waals surface area contributed by atoms with Crippen molar-refractivity contribution in [3.63, 3.8) is 0 Å². The maximum Gasteiger partial charge on any atom is 0.253 e. The minimum atomic E-state index is -0.550. The molecule has 25 heavy (non-hydrogen) atoms. The van der Waals surface area contributed by atoms with Gasteiger partial charge in [-0.05, 0) is 37.0 Å². The largest absolute Gasteiger partial charge is 0.391 e. The van der Waals surface area contributed by atoms with Crippen LogP contribution in [0.4, 0.5) is 0 Å². The molecule has 0 spiro atoms. The number of benzene rings is 1. The van der Waals surface area contributed by atoms with Crippen molar-refractivity contribution >= 4 is 16.9 Å². The van der Waals surface area contributed by atoms with Crippen LogP contribution in [0.5, 0.6) is 0 Å². The van der Waals surface area contributed by atoms with E-state index in [0.29, 0.717) is 23.0 Å². The molecule has 1 aliphatic carbocycles. The van der Waals surface area contributed by atoms with E-state index in [9.17, 15) is 9.90 Å². The highest BCUT2D eigenvalue weighted by Gasteiger charge is 2.34. The van der Waals surface area contributed by atoms with Crippen molar-refractivity contribution in [3.05, 3.63) is 54.6 Å². The Morgan fingerprint density at radius 1 is 1.20 bits per heavy atom. The van der Waals surface area contributed by atoms with E-state index < -0.39 is 6.10 Å². The smallest absolute Gasteiger partial charge is 0.253 e. The third kappa shape index (κ3) is 3.23. The Hall–Kier alpha value is -2.80. The van der Waals surface area contributed by atoms with Crippen LogP contribution in [0.25, 0.3) is 11.0 Å². The van der Waals surface area contributed by atoms with Crippen LogP contribution in [0.15, 0.2) is 49.1 Å². The Bertz CT molecular complexity index is 875. The highest BCUT2D eigenvalue weighted by molar-refractivity contribution is 6.04. The summed E-state index contributed by atoms with van der Waals surface area (Å²) in [6.45, 7) is 0.746. The number of fused-ring (bicyclic) bond motifs is 1. The lowest BCUT2D eigenvalue weighted by molar-refractivity contribution is 0.0874. The zero-order valence-electron chi connectivity index (χ0n) is 13.6. The van der Waals surface area contributed by atoms with Gasteiger partial charge in [0.05, 0.1) is 23.2 Å². The quantitative estimate of drug-likeness (QED) is 0.750. The molecule has 1 unspecified atom stereocenters. The summed E-state index contributed by atoms with van der Waals surface area (Å²) in [4.78, 5) is 21.2. The fourth-order valence-corrected chi connectivity index (χ4v) is 3.52. The van der Waals surface area contributed by atoms with Crippen molar-refractivity contribution in [2.24, 2.45) is 5.92 Å². The SMILES string of the molecule is O=C(N[C@@H]1CC(Cn2cccn2)C[C@H]1O)c1cccc2nccnc12. The van der Waals surface area contributed by atoms with Crippen LogP contribution in [0.1, 0.15) is 23.2 Å². The summed E-state index contributed by atoms with van der Waals surface area (Å²) in [6.07, 6.45) is 7.65. The standard InChI is InChI=1S/C18H19N5O2/c24-16-10-12(11-23-8-2-5-21-23)9-15(16)22-18(25)13-3-1-4-14-17(13)20-7-6-19-14/h1-8,12,15-16,24H,9-11H2,(H,22,25)/t12?,15-,16-/m1/s1. The number of aliphatic hydroxyl groups excluding tert-OH is 1. The zero-order chi connectivity index (χ0) is 17.2. The lowest BCUT2D eigenvalue weighted by atomic mass is 10.1. The molecule has 2 N–H and O–H groups in total. The molecule has 0 radical (unpaired) electrons. The predicted molar refractivity (Wildman–Crippen MR) is 91.8 cm³/mol. The molecule has 7 nitrogen and oxygen atoms in total. The van der Waals surface area contributed by atoms with Crippen LogP contribution >= 0.6 is 0 Å². The zero-order valence-corrected chi connectivity index (χ0v) is 13.6. The highest BCUT2D eigenvalue weighted by atomic mass is 16.3. The topological polar surface area (TPSA) is 92.9 Å². The van der Waals surface area contributed by atoms with Gasteiger partial charge < -0.3 is 10.4 Å². The van der Waals surface area contributed by atoms with E-state index in [-0.39, 0.29) is 17.9 Å². The Labute approximate surface area is 144 Å². The van der Waals surface area contributed by atoms with Gasteiger partial charge in [-0.3, -0.25) is 19.4 Å². The molecule has 1 saturated carbocycles. The average molecular weight is 337 g/mol. The van der Waals surface area contributed by atoms with Gasteiger partial charge in [0.15, 0.2) is 0 Å². The van der Waals surface area contributed by atoms with Crippen molar-refractivity contribution in [3.8, 4) is 0 Å². The number of aliphatic hydroxyl groups is 1. The number of carbonyl (C=O) groups is 1. The van der Waals surface area contributed by atoms with Crippen molar-refractivity contribution in [2.75, 3.05) is 0 Å². The second-order valence-corrected chi connectivity index (χ2v) is 6.44. The van der Waals surface area contributed by atoms with Crippen LogP contribution in [-0.2, 0) is 6.54 Å². The summed E-state index contributed by atoms with van der Waals surface area (Å²) in [5.41, 5.74) is 1.73. The van der Waals surface area contributed by atoms with Crippen LogP contribution in [-0.4, -0.2) is 42.9 Å². The Balaban J connectivity index is 1.47. The van der Waals surface area contributed by atoms with E-state index in [2.05, 4.69) is 20.4 Å². The van der Waals surface area contributed by atoms with E-state index in [0.717, 1.165) is 13.0 Å². The van der Waals surface area contributed by atoms with Crippen LogP contribution in [0, 0.1) is 5.92 Å². The van der Waals surface area contributed by atoms with Crippen molar-refractivity contribution in [1.29, 1.82) is 0 Å². The van der Waals surface area contributed by atoms with Gasteiger partial charge in [-0.15, -0.1) is 0 Å². The Morgan fingerprint density at radius 2 is 2.08 bits per heavy atom. The average Bonchev–Trinajstić information content (AvgIpc) is 3.25. The van der Waals surface area contributed by atoms with E-state index in [4.69, 9.17) is 0 Å². The van der Waals surface area contributed by atoms with Gasteiger partial charge in [0.1, 0.15) is 5.52 Å². The monoisotopic (exact) mass is 337 g/mol. The summed E-state index contributed by atoms with van der Waals surface area (Å²) in [7, 11) is 0. The van der Waals surface area contributed by atoms with Crippen LogP contribution in [0.2, 0.25) is 0 Å². The van der Waals surface area contributed by atoms with E-state index in [1.807, 2.05) is 23.0 Å².